The number of aliphatic hydroxyl groups excluding tert-OH is 1. The molecule has 1 unspecified atom stereocenters. The number of carbonyl (C=O) groups excluding carboxylic acids is 1. The fraction of sp³-hybridized carbons (Fsp3) is 0.353. The van der Waals surface area contributed by atoms with Crippen molar-refractivity contribution in [2.45, 2.75) is 18.9 Å². The zero-order valence-corrected chi connectivity index (χ0v) is 11.9. The minimum absolute atomic E-state index is 0.207. The summed E-state index contributed by atoms with van der Waals surface area (Å²) >= 11 is 0. The summed E-state index contributed by atoms with van der Waals surface area (Å²) in [7, 11) is 0. The Morgan fingerprint density at radius 3 is 2.67 bits per heavy atom. The number of rotatable bonds is 5. The average Bonchev–Trinajstić information content (AvgIpc) is 3.34. The molecule has 3 rings (SSSR count). The highest BCUT2D eigenvalue weighted by atomic mass is 16.3. The Kier molecular flexibility index (Phi) is 4.06. The molecule has 2 amide bonds. The summed E-state index contributed by atoms with van der Waals surface area (Å²) in [5, 5.41) is 17.9. The molecule has 110 valence electrons. The monoisotopic (exact) mass is 284 g/mol. The first-order valence-corrected chi connectivity index (χ1v) is 7.41. The van der Waals surface area contributed by atoms with E-state index < -0.39 is 6.10 Å². The number of aliphatic hydroxyl groups is 1. The summed E-state index contributed by atoms with van der Waals surface area (Å²) in [6.07, 6.45) is 1.72. The third-order valence-electron chi connectivity index (χ3n) is 3.86. The normalized spacial score (nSPS) is 15.7. The molecule has 0 aliphatic heterocycles. The lowest BCUT2D eigenvalue weighted by atomic mass is 10.0. The van der Waals surface area contributed by atoms with Crippen LogP contribution in [-0.2, 0) is 0 Å². The van der Waals surface area contributed by atoms with Gasteiger partial charge in [-0.15, -0.1) is 0 Å². The predicted molar refractivity (Wildman–Crippen MR) is 83.0 cm³/mol. The number of carbonyl (C=O) groups is 1. The third kappa shape index (κ3) is 3.73. The van der Waals surface area contributed by atoms with E-state index in [1.54, 1.807) is 0 Å². The summed E-state index contributed by atoms with van der Waals surface area (Å²) in [5.74, 6) is 0.654. The summed E-state index contributed by atoms with van der Waals surface area (Å²) < 4.78 is 0. The van der Waals surface area contributed by atoms with Gasteiger partial charge in [-0.25, -0.2) is 4.79 Å². The van der Waals surface area contributed by atoms with Gasteiger partial charge in [-0.1, -0.05) is 36.4 Å². The molecule has 1 fully saturated rings. The van der Waals surface area contributed by atoms with Crippen molar-refractivity contribution in [3.63, 3.8) is 0 Å². The number of hydrogen-bond acceptors (Lipinski definition) is 2. The Labute approximate surface area is 124 Å². The highest BCUT2D eigenvalue weighted by Gasteiger charge is 2.21. The molecule has 1 atom stereocenters. The molecular weight excluding hydrogens is 264 g/mol. The Morgan fingerprint density at radius 1 is 1.14 bits per heavy atom. The van der Waals surface area contributed by atoms with E-state index in [-0.39, 0.29) is 12.6 Å². The number of hydrogen-bond donors (Lipinski definition) is 3. The number of fused-ring (bicyclic) bond motifs is 1. The van der Waals surface area contributed by atoms with Gasteiger partial charge in [0.25, 0.3) is 0 Å². The zero-order chi connectivity index (χ0) is 14.7. The van der Waals surface area contributed by atoms with Gasteiger partial charge in [0, 0.05) is 13.1 Å². The van der Waals surface area contributed by atoms with Crippen molar-refractivity contribution < 1.29 is 9.90 Å². The second kappa shape index (κ2) is 6.14. The van der Waals surface area contributed by atoms with E-state index >= 15 is 0 Å². The van der Waals surface area contributed by atoms with Gasteiger partial charge < -0.3 is 15.7 Å². The molecule has 0 saturated heterocycles. The molecule has 2 aromatic rings. The molecule has 4 nitrogen and oxygen atoms in total. The molecule has 21 heavy (non-hydrogen) atoms. The van der Waals surface area contributed by atoms with E-state index in [1.165, 1.54) is 12.8 Å². The van der Waals surface area contributed by atoms with Crippen LogP contribution in [-0.4, -0.2) is 24.2 Å². The van der Waals surface area contributed by atoms with Crippen molar-refractivity contribution in [1.29, 1.82) is 0 Å². The van der Waals surface area contributed by atoms with Crippen LogP contribution in [0.2, 0.25) is 0 Å². The second-order valence-electron chi connectivity index (χ2n) is 5.66. The Balaban J connectivity index is 1.55. The largest absolute Gasteiger partial charge is 0.387 e. The van der Waals surface area contributed by atoms with Crippen LogP contribution in [0.25, 0.3) is 10.8 Å². The van der Waals surface area contributed by atoms with Crippen molar-refractivity contribution in [3.05, 3.63) is 48.0 Å². The lowest BCUT2D eigenvalue weighted by Gasteiger charge is -2.13. The number of amides is 2. The van der Waals surface area contributed by atoms with Crippen LogP contribution in [0.5, 0.6) is 0 Å². The first-order chi connectivity index (χ1) is 10.2. The molecule has 4 heteroatoms. The quantitative estimate of drug-likeness (QED) is 0.790. The van der Waals surface area contributed by atoms with E-state index in [9.17, 15) is 9.90 Å². The van der Waals surface area contributed by atoms with E-state index in [4.69, 9.17) is 0 Å². The molecule has 0 aromatic heterocycles. The minimum atomic E-state index is -0.693. The van der Waals surface area contributed by atoms with Gasteiger partial charge in [-0.2, -0.15) is 0 Å². The standard InChI is InChI=1S/C17H20N2O2/c20-16(11-19-17(21)18-10-12-5-6-12)15-8-7-13-3-1-2-4-14(13)9-15/h1-4,7-9,12,16,20H,5-6,10-11H2,(H2,18,19,21). The average molecular weight is 284 g/mol. The first kappa shape index (κ1) is 13.9. The number of nitrogens with one attached hydrogen (secondary N) is 2. The Morgan fingerprint density at radius 2 is 1.90 bits per heavy atom. The molecule has 0 bridgehead atoms. The third-order valence-corrected chi connectivity index (χ3v) is 3.86. The van der Waals surface area contributed by atoms with Crippen LogP contribution in [0.15, 0.2) is 42.5 Å². The zero-order valence-electron chi connectivity index (χ0n) is 11.9. The van der Waals surface area contributed by atoms with Crippen LogP contribution < -0.4 is 10.6 Å². The van der Waals surface area contributed by atoms with Crippen LogP contribution >= 0.6 is 0 Å². The number of benzene rings is 2. The van der Waals surface area contributed by atoms with Crippen LogP contribution in [0, 0.1) is 5.92 Å². The number of urea groups is 1. The van der Waals surface area contributed by atoms with Gasteiger partial charge in [0.1, 0.15) is 0 Å². The molecule has 1 aliphatic carbocycles. The fourth-order valence-electron chi connectivity index (χ4n) is 2.34. The van der Waals surface area contributed by atoms with Gasteiger partial charge in [0.15, 0.2) is 0 Å². The molecule has 0 heterocycles. The minimum Gasteiger partial charge on any atom is -0.387 e. The van der Waals surface area contributed by atoms with Crippen LogP contribution in [0.1, 0.15) is 24.5 Å². The van der Waals surface area contributed by atoms with Crippen molar-refractivity contribution in [2.24, 2.45) is 5.92 Å². The van der Waals surface area contributed by atoms with Gasteiger partial charge in [-0.05, 0) is 41.2 Å². The lowest BCUT2D eigenvalue weighted by Crippen LogP contribution is -2.38. The van der Waals surface area contributed by atoms with E-state index in [0.29, 0.717) is 5.92 Å². The van der Waals surface area contributed by atoms with E-state index in [0.717, 1.165) is 22.9 Å². The van der Waals surface area contributed by atoms with Gasteiger partial charge >= 0.3 is 6.03 Å². The van der Waals surface area contributed by atoms with Crippen molar-refractivity contribution in [1.82, 2.24) is 10.6 Å². The maximum absolute atomic E-state index is 11.6. The summed E-state index contributed by atoms with van der Waals surface area (Å²) in [5.41, 5.74) is 0.816. The van der Waals surface area contributed by atoms with Crippen molar-refractivity contribution in [2.75, 3.05) is 13.1 Å². The highest BCUT2D eigenvalue weighted by Crippen LogP contribution is 2.27. The highest BCUT2D eigenvalue weighted by molar-refractivity contribution is 5.83. The molecule has 2 aromatic carbocycles. The Hall–Kier alpha value is -2.07. The maximum atomic E-state index is 11.6. The topological polar surface area (TPSA) is 61.4 Å². The van der Waals surface area contributed by atoms with Gasteiger partial charge in [0.05, 0.1) is 6.10 Å². The molecule has 1 aliphatic rings. The fourth-order valence-corrected chi connectivity index (χ4v) is 2.34. The van der Waals surface area contributed by atoms with Gasteiger partial charge in [-0.3, -0.25) is 0 Å². The molecule has 3 N–H and O–H groups in total. The van der Waals surface area contributed by atoms with E-state index in [1.807, 2.05) is 42.5 Å². The molecular formula is C17H20N2O2. The maximum Gasteiger partial charge on any atom is 0.314 e. The van der Waals surface area contributed by atoms with Crippen molar-refractivity contribution >= 4 is 16.8 Å². The van der Waals surface area contributed by atoms with Crippen LogP contribution in [0.4, 0.5) is 4.79 Å². The molecule has 0 radical (unpaired) electrons. The summed E-state index contributed by atoms with van der Waals surface area (Å²) in [6, 6.07) is 13.7. The second-order valence-corrected chi connectivity index (χ2v) is 5.66. The predicted octanol–water partition coefficient (Wildman–Crippen LogP) is 2.58. The van der Waals surface area contributed by atoms with E-state index in [2.05, 4.69) is 10.6 Å². The smallest absolute Gasteiger partial charge is 0.314 e. The summed E-state index contributed by atoms with van der Waals surface area (Å²) in [6.45, 7) is 0.951. The SMILES string of the molecule is O=C(NCC1CC1)NCC(O)c1ccc2ccccc2c1. The molecule has 1 saturated carbocycles. The molecule has 0 spiro atoms. The first-order valence-electron chi connectivity index (χ1n) is 7.41. The Bertz CT molecular complexity index is 637. The summed E-state index contributed by atoms with van der Waals surface area (Å²) in [4.78, 5) is 11.6. The lowest BCUT2D eigenvalue weighted by molar-refractivity contribution is 0.173. The van der Waals surface area contributed by atoms with Gasteiger partial charge in [0.2, 0.25) is 0 Å². The van der Waals surface area contributed by atoms with Crippen molar-refractivity contribution in [3.8, 4) is 0 Å². The van der Waals surface area contributed by atoms with Crippen LogP contribution in [0.3, 0.4) is 0 Å².